The van der Waals surface area contributed by atoms with Crippen LogP contribution in [-0.2, 0) is 22.4 Å². The Kier molecular flexibility index (Phi) is 7.10. The fourth-order valence-electron chi connectivity index (χ4n) is 4.52. The first-order valence-corrected chi connectivity index (χ1v) is 12.3. The minimum Gasteiger partial charge on any atom is -0.462 e. The van der Waals surface area contributed by atoms with Crippen molar-refractivity contribution in [2.75, 3.05) is 43.0 Å². The molecule has 1 aliphatic heterocycles. The highest BCUT2D eigenvalue weighted by molar-refractivity contribution is 7.17. The second-order valence-electron chi connectivity index (χ2n) is 8.65. The fraction of sp³-hybridized carbons (Fsp3) is 0.542. The molecule has 2 aliphatic rings. The molecule has 0 bridgehead atoms. The largest absolute Gasteiger partial charge is 0.462 e. The lowest BCUT2D eigenvalue weighted by Gasteiger charge is -2.37. The Morgan fingerprint density at radius 2 is 2.06 bits per heavy atom. The zero-order valence-electron chi connectivity index (χ0n) is 19.1. The third kappa shape index (κ3) is 4.81. The summed E-state index contributed by atoms with van der Waals surface area (Å²) in [5.41, 5.74) is 1.64. The van der Waals surface area contributed by atoms with E-state index >= 15 is 0 Å². The monoisotopic (exact) mass is 456 g/mol. The summed E-state index contributed by atoms with van der Waals surface area (Å²) in [6, 6.07) is 5.64. The highest BCUT2D eigenvalue weighted by Crippen LogP contribution is 2.40. The van der Waals surface area contributed by atoms with Gasteiger partial charge in [0.05, 0.1) is 18.2 Å². The van der Waals surface area contributed by atoms with Gasteiger partial charge in [-0.15, -0.1) is 11.3 Å². The van der Waals surface area contributed by atoms with E-state index in [1.54, 1.807) is 17.5 Å². The number of esters is 1. The van der Waals surface area contributed by atoms with E-state index in [4.69, 9.17) is 4.74 Å². The molecule has 8 heteroatoms. The second kappa shape index (κ2) is 10.0. The number of hydrogen-bond acceptors (Lipinski definition) is 7. The van der Waals surface area contributed by atoms with Crippen LogP contribution in [-0.4, -0.2) is 60.6 Å². The summed E-state index contributed by atoms with van der Waals surface area (Å²) in [5, 5.41) is 3.72. The van der Waals surface area contributed by atoms with Crippen LogP contribution in [0.15, 0.2) is 24.4 Å². The van der Waals surface area contributed by atoms with Crippen LogP contribution >= 0.6 is 11.3 Å². The third-order valence-electron chi connectivity index (χ3n) is 6.44. The molecule has 0 radical (unpaired) electrons. The number of nitrogens with zero attached hydrogens (tertiary/aromatic N) is 3. The Hall–Kier alpha value is -2.45. The molecule has 0 saturated carbocycles. The Morgan fingerprint density at radius 1 is 1.28 bits per heavy atom. The lowest BCUT2D eigenvalue weighted by molar-refractivity contribution is -0.120. The molecule has 1 saturated heterocycles. The SMILES string of the molecule is CCOC(=O)c1c(NC(=O)C(C)N2CCN(c3ccccn3)CC2)sc2c1CCC(C)C2. The number of pyridine rings is 1. The van der Waals surface area contributed by atoms with Crippen molar-refractivity contribution in [1.29, 1.82) is 0 Å². The topological polar surface area (TPSA) is 74.8 Å². The minimum atomic E-state index is -0.327. The van der Waals surface area contributed by atoms with Crippen LogP contribution in [0, 0.1) is 5.92 Å². The summed E-state index contributed by atoms with van der Waals surface area (Å²) < 4.78 is 5.33. The van der Waals surface area contributed by atoms with Gasteiger partial charge in [0.2, 0.25) is 5.91 Å². The second-order valence-corrected chi connectivity index (χ2v) is 9.76. The van der Waals surface area contributed by atoms with E-state index in [1.165, 1.54) is 4.88 Å². The van der Waals surface area contributed by atoms with Gasteiger partial charge in [0.1, 0.15) is 10.8 Å². The first-order chi connectivity index (χ1) is 15.5. The Morgan fingerprint density at radius 3 is 2.75 bits per heavy atom. The van der Waals surface area contributed by atoms with Crippen LogP contribution in [0.25, 0.3) is 0 Å². The number of anilines is 2. The summed E-state index contributed by atoms with van der Waals surface area (Å²) in [5.74, 6) is 1.16. The maximum atomic E-state index is 13.1. The lowest BCUT2D eigenvalue weighted by atomic mass is 9.88. The van der Waals surface area contributed by atoms with Gasteiger partial charge < -0.3 is 15.0 Å². The molecule has 3 heterocycles. The standard InChI is InChI=1S/C24H32N4O3S/c1-4-31-24(30)21-18-9-8-16(2)15-19(18)32-23(21)26-22(29)17(3)27-11-13-28(14-12-27)20-7-5-6-10-25-20/h5-7,10,16-17H,4,8-9,11-15H2,1-3H3,(H,26,29). The summed E-state index contributed by atoms with van der Waals surface area (Å²) >= 11 is 1.54. The maximum absolute atomic E-state index is 13.1. The molecule has 2 aromatic rings. The molecular formula is C24H32N4O3S. The zero-order chi connectivity index (χ0) is 22.7. The van der Waals surface area contributed by atoms with Gasteiger partial charge in [0.15, 0.2) is 0 Å². The van der Waals surface area contributed by atoms with Gasteiger partial charge in [-0.1, -0.05) is 13.0 Å². The number of aromatic nitrogens is 1. The number of carbonyl (C=O) groups is 2. The number of nitrogens with one attached hydrogen (secondary N) is 1. The molecule has 32 heavy (non-hydrogen) atoms. The zero-order valence-corrected chi connectivity index (χ0v) is 19.9. The van der Waals surface area contributed by atoms with Crippen molar-refractivity contribution < 1.29 is 14.3 Å². The number of rotatable bonds is 6. The van der Waals surface area contributed by atoms with Crippen molar-refractivity contribution >= 4 is 34.0 Å². The van der Waals surface area contributed by atoms with Gasteiger partial charge in [-0.05, 0) is 56.7 Å². The molecule has 2 unspecified atom stereocenters. The normalized spacial score (nSPS) is 19.8. The molecule has 1 amide bonds. The first-order valence-electron chi connectivity index (χ1n) is 11.5. The predicted molar refractivity (Wildman–Crippen MR) is 128 cm³/mol. The van der Waals surface area contributed by atoms with E-state index in [2.05, 4.69) is 27.0 Å². The van der Waals surface area contributed by atoms with Gasteiger partial charge in [-0.2, -0.15) is 0 Å². The number of fused-ring (bicyclic) bond motifs is 1. The van der Waals surface area contributed by atoms with Gasteiger partial charge in [0.25, 0.3) is 0 Å². The number of carbonyl (C=O) groups excluding carboxylic acids is 2. The average molecular weight is 457 g/mol. The van der Waals surface area contributed by atoms with E-state index in [-0.39, 0.29) is 17.9 Å². The molecule has 1 fully saturated rings. The highest BCUT2D eigenvalue weighted by atomic mass is 32.1. The van der Waals surface area contributed by atoms with Gasteiger partial charge in [-0.3, -0.25) is 9.69 Å². The van der Waals surface area contributed by atoms with Crippen LogP contribution < -0.4 is 10.2 Å². The maximum Gasteiger partial charge on any atom is 0.341 e. The molecule has 1 N–H and O–H groups in total. The van der Waals surface area contributed by atoms with Crippen LogP contribution in [0.4, 0.5) is 10.8 Å². The van der Waals surface area contributed by atoms with Crippen LogP contribution in [0.1, 0.15) is 48.0 Å². The van der Waals surface area contributed by atoms with Crippen molar-refractivity contribution in [3.63, 3.8) is 0 Å². The van der Waals surface area contributed by atoms with Crippen molar-refractivity contribution in [2.45, 2.75) is 46.1 Å². The van der Waals surface area contributed by atoms with E-state index < -0.39 is 0 Å². The summed E-state index contributed by atoms with van der Waals surface area (Å²) in [6.07, 6.45) is 4.68. The van der Waals surface area contributed by atoms with E-state index in [0.717, 1.165) is 56.8 Å². The quantitative estimate of drug-likeness (QED) is 0.670. The Bertz CT molecular complexity index is 954. The van der Waals surface area contributed by atoms with Crippen molar-refractivity contribution in [3.8, 4) is 0 Å². The summed E-state index contributed by atoms with van der Waals surface area (Å²) in [4.78, 5) is 35.9. The predicted octanol–water partition coefficient (Wildman–Crippen LogP) is 3.59. The van der Waals surface area contributed by atoms with E-state index in [0.29, 0.717) is 23.1 Å². The Balaban J connectivity index is 1.44. The van der Waals surface area contributed by atoms with Gasteiger partial charge >= 0.3 is 5.97 Å². The molecular weight excluding hydrogens is 424 g/mol. The smallest absolute Gasteiger partial charge is 0.341 e. The van der Waals surface area contributed by atoms with Crippen LogP contribution in [0.3, 0.4) is 0 Å². The van der Waals surface area contributed by atoms with Crippen molar-refractivity contribution in [1.82, 2.24) is 9.88 Å². The fourth-order valence-corrected chi connectivity index (χ4v) is 5.92. The third-order valence-corrected chi connectivity index (χ3v) is 7.61. The number of piperazine rings is 1. The molecule has 2 aromatic heterocycles. The van der Waals surface area contributed by atoms with Crippen molar-refractivity contribution in [3.05, 3.63) is 40.4 Å². The molecule has 2 atom stereocenters. The molecule has 0 spiro atoms. The molecule has 1 aliphatic carbocycles. The molecule has 0 aromatic carbocycles. The van der Waals surface area contributed by atoms with Gasteiger partial charge in [-0.25, -0.2) is 9.78 Å². The van der Waals surface area contributed by atoms with Crippen LogP contribution in [0.2, 0.25) is 0 Å². The van der Waals surface area contributed by atoms with E-state index in [9.17, 15) is 9.59 Å². The molecule has 4 rings (SSSR count). The summed E-state index contributed by atoms with van der Waals surface area (Å²) in [6.45, 7) is 9.53. The lowest BCUT2D eigenvalue weighted by Crippen LogP contribution is -2.53. The summed E-state index contributed by atoms with van der Waals surface area (Å²) in [7, 11) is 0. The average Bonchev–Trinajstić information content (AvgIpc) is 3.16. The van der Waals surface area contributed by atoms with Crippen molar-refractivity contribution in [2.24, 2.45) is 5.92 Å². The number of hydrogen-bond donors (Lipinski definition) is 1. The molecule has 7 nitrogen and oxygen atoms in total. The van der Waals surface area contributed by atoms with Crippen LogP contribution in [0.5, 0.6) is 0 Å². The van der Waals surface area contributed by atoms with Gasteiger partial charge in [0, 0.05) is 37.3 Å². The molecule has 172 valence electrons. The number of ether oxygens (including phenoxy) is 1. The number of thiophene rings is 1. The minimum absolute atomic E-state index is 0.0755. The van der Waals surface area contributed by atoms with E-state index in [1.807, 2.05) is 32.0 Å². The Labute approximate surface area is 193 Å². The number of amides is 1. The first kappa shape index (κ1) is 22.7. The highest BCUT2D eigenvalue weighted by Gasteiger charge is 2.31.